The van der Waals surface area contributed by atoms with E-state index in [0.29, 0.717) is 0 Å². The quantitative estimate of drug-likeness (QED) is 0.850. The van der Waals surface area contributed by atoms with Crippen LogP contribution in [-0.4, -0.2) is 6.61 Å². The summed E-state index contributed by atoms with van der Waals surface area (Å²) >= 11 is 0. The van der Waals surface area contributed by atoms with Crippen molar-refractivity contribution in [2.24, 2.45) is 0 Å². The number of ether oxygens (including phenoxy) is 1. The third-order valence-electron chi connectivity index (χ3n) is 3.10. The molecule has 0 radical (unpaired) electrons. The van der Waals surface area contributed by atoms with Gasteiger partial charge in [-0.3, -0.25) is 0 Å². The van der Waals surface area contributed by atoms with E-state index in [4.69, 9.17) is 0 Å². The van der Waals surface area contributed by atoms with Crippen LogP contribution in [0.15, 0.2) is 48.5 Å². The zero-order chi connectivity index (χ0) is 14.5. The lowest BCUT2D eigenvalue weighted by Crippen LogP contribution is -2.08. The van der Waals surface area contributed by atoms with Gasteiger partial charge in [0.2, 0.25) is 0 Å². The minimum Gasteiger partial charge on any atom is -0.435 e. The van der Waals surface area contributed by atoms with Crippen molar-refractivity contribution in [1.29, 1.82) is 0 Å². The first kappa shape index (κ1) is 14.3. The number of aryl methyl sites for hydroxylation is 1. The molecule has 0 aliphatic heterocycles. The lowest BCUT2D eigenvalue weighted by atomic mass is 10.0. The molecular formula is C16H17F2NO. The topological polar surface area (TPSA) is 21.3 Å². The summed E-state index contributed by atoms with van der Waals surface area (Å²) in [6.07, 6.45) is 0. The molecule has 20 heavy (non-hydrogen) atoms. The first-order valence-corrected chi connectivity index (χ1v) is 6.43. The zero-order valence-corrected chi connectivity index (χ0v) is 11.4. The average Bonchev–Trinajstić information content (AvgIpc) is 2.38. The van der Waals surface area contributed by atoms with Gasteiger partial charge in [0.1, 0.15) is 5.75 Å². The van der Waals surface area contributed by atoms with Gasteiger partial charge in [-0.05, 0) is 37.1 Å². The molecule has 4 heteroatoms. The van der Waals surface area contributed by atoms with Crippen molar-refractivity contribution in [3.8, 4) is 5.75 Å². The highest BCUT2D eigenvalue weighted by molar-refractivity contribution is 5.50. The van der Waals surface area contributed by atoms with Crippen molar-refractivity contribution in [3.05, 3.63) is 59.7 Å². The summed E-state index contributed by atoms with van der Waals surface area (Å²) < 4.78 is 28.8. The number of halogens is 2. The Morgan fingerprint density at radius 1 is 1.05 bits per heavy atom. The SMILES string of the molecule is Cc1ccccc1C(C)Nc1cccc(OC(F)F)c1. The molecule has 2 rings (SSSR count). The van der Waals surface area contributed by atoms with Gasteiger partial charge in [-0.1, -0.05) is 30.3 Å². The molecule has 1 unspecified atom stereocenters. The fourth-order valence-electron chi connectivity index (χ4n) is 2.16. The van der Waals surface area contributed by atoms with Crippen molar-refractivity contribution in [2.45, 2.75) is 26.5 Å². The highest BCUT2D eigenvalue weighted by Crippen LogP contribution is 2.25. The van der Waals surface area contributed by atoms with Gasteiger partial charge in [-0.25, -0.2) is 0 Å². The normalized spacial score (nSPS) is 12.2. The van der Waals surface area contributed by atoms with Gasteiger partial charge in [0.25, 0.3) is 0 Å². The number of anilines is 1. The van der Waals surface area contributed by atoms with E-state index in [9.17, 15) is 8.78 Å². The summed E-state index contributed by atoms with van der Waals surface area (Å²) in [6, 6.07) is 14.7. The maximum absolute atomic E-state index is 12.2. The van der Waals surface area contributed by atoms with Crippen LogP contribution in [0.2, 0.25) is 0 Å². The fraction of sp³-hybridized carbons (Fsp3) is 0.250. The molecule has 1 N–H and O–H groups in total. The van der Waals surface area contributed by atoms with Gasteiger partial charge >= 0.3 is 6.61 Å². The molecule has 106 valence electrons. The van der Waals surface area contributed by atoms with Crippen LogP contribution in [0.3, 0.4) is 0 Å². The number of rotatable bonds is 5. The Morgan fingerprint density at radius 3 is 2.50 bits per heavy atom. The summed E-state index contributed by atoms with van der Waals surface area (Å²) in [5.74, 6) is 0.155. The first-order valence-electron chi connectivity index (χ1n) is 6.43. The molecule has 0 aliphatic rings. The molecule has 0 bridgehead atoms. The van der Waals surface area contributed by atoms with Crippen molar-refractivity contribution in [1.82, 2.24) is 0 Å². The van der Waals surface area contributed by atoms with Crippen LogP contribution in [0.1, 0.15) is 24.1 Å². The van der Waals surface area contributed by atoms with Gasteiger partial charge in [0.05, 0.1) is 0 Å². The largest absolute Gasteiger partial charge is 0.435 e. The minimum absolute atomic E-state index is 0.0815. The summed E-state index contributed by atoms with van der Waals surface area (Å²) in [4.78, 5) is 0. The number of hydrogen-bond acceptors (Lipinski definition) is 2. The van der Waals surface area contributed by atoms with E-state index < -0.39 is 6.61 Å². The molecule has 0 saturated carbocycles. The highest BCUT2D eigenvalue weighted by Gasteiger charge is 2.09. The van der Waals surface area contributed by atoms with Crippen molar-refractivity contribution < 1.29 is 13.5 Å². The second kappa shape index (κ2) is 6.37. The predicted octanol–water partition coefficient (Wildman–Crippen LogP) is 4.77. The smallest absolute Gasteiger partial charge is 0.387 e. The van der Waals surface area contributed by atoms with Gasteiger partial charge in [0.15, 0.2) is 0 Å². The van der Waals surface area contributed by atoms with E-state index in [0.717, 1.165) is 5.69 Å². The maximum Gasteiger partial charge on any atom is 0.387 e. The summed E-state index contributed by atoms with van der Waals surface area (Å²) in [5, 5.41) is 3.29. The monoisotopic (exact) mass is 277 g/mol. The van der Waals surface area contributed by atoms with Crippen LogP contribution in [0, 0.1) is 6.92 Å². The van der Waals surface area contributed by atoms with E-state index in [1.54, 1.807) is 12.1 Å². The van der Waals surface area contributed by atoms with Gasteiger partial charge < -0.3 is 10.1 Å². The minimum atomic E-state index is -2.81. The molecule has 0 aliphatic carbocycles. The molecule has 0 aromatic heterocycles. The molecule has 0 fully saturated rings. The molecular weight excluding hydrogens is 260 g/mol. The van der Waals surface area contributed by atoms with E-state index in [2.05, 4.69) is 10.1 Å². The number of nitrogens with one attached hydrogen (secondary N) is 1. The standard InChI is InChI=1S/C16H17F2NO/c1-11-6-3-4-9-15(11)12(2)19-13-7-5-8-14(10-13)20-16(17)18/h3-10,12,16,19H,1-2H3. The zero-order valence-electron chi connectivity index (χ0n) is 11.4. The van der Waals surface area contributed by atoms with Crippen LogP contribution in [-0.2, 0) is 0 Å². The lowest BCUT2D eigenvalue weighted by Gasteiger charge is -2.18. The van der Waals surface area contributed by atoms with Crippen LogP contribution in [0.5, 0.6) is 5.75 Å². The lowest BCUT2D eigenvalue weighted by molar-refractivity contribution is -0.0498. The first-order chi connectivity index (χ1) is 9.56. The van der Waals surface area contributed by atoms with Gasteiger partial charge in [0, 0.05) is 17.8 Å². The van der Waals surface area contributed by atoms with Crippen LogP contribution < -0.4 is 10.1 Å². The van der Waals surface area contributed by atoms with Gasteiger partial charge in [-0.15, -0.1) is 0 Å². The van der Waals surface area contributed by atoms with E-state index >= 15 is 0 Å². The molecule has 0 heterocycles. The summed E-state index contributed by atoms with van der Waals surface area (Å²) in [6.45, 7) is 1.27. The number of hydrogen-bond donors (Lipinski definition) is 1. The van der Waals surface area contributed by atoms with E-state index in [1.165, 1.54) is 17.2 Å². The van der Waals surface area contributed by atoms with Crippen molar-refractivity contribution in [2.75, 3.05) is 5.32 Å². The Kier molecular flexibility index (Phi) is 4.56. The average molecular weight is 277 g/mol. The third kappa shape index (κ3) is 3.70. The molecule has 2 aromatic carbocycles. The number of benzene rings is 2. The highest BCUT2D eigenvalue weighted by atomic mass is 19.3. The predicted molar refractivity (Wildman–Crippen MR) is 76.3 cm³/mol. The van der Waals surface area contributed by atoms with Crippen LogP contribution in [0.4, 0.5) is 14.5 Å². The summed E-state index contributed by atoms with van der Waals surface area (Å²) in [7, 11) is 0. The molecule has 0 spiro atoms. The molecule has 0 amide bonds. The van der Waals surface area contributed by atoms with Crippen LogP contribution in [0.25, 0.3) is 0 Å². The Bertz CT molecular complexity index is 572. The van der Waals surface area contributed by atoms with Crippen LogP contribution >= 0.6 is 0 Å². The Labute approximate surface area is 117 Å². The molecule has 1 atom stereocenters. The molecule has 2 aromatic rings. The second-order valence-electron chi connectivity index (χ2n) is 4.63. The van der Waals surface area contributed by atoms with Crippen molar-refractivity contribution >= 4 is 5.69 Å². The fourth-order valence-corrected chi connectivity index (χ4v) is 2.16. The Morgan fingerprint density at radius 2 is 1.80 bits per heavy atom. The summed E-state index contributed by atoms with van der Waals surface area (Å²) in [5.41, 5.74) is 3.11. The molecule has 2 nitrogen and oxygen atoms in total. The molecule has 0 saturated heterocycles. The van der Waals surface area contributed by atoms with Crippen molar-refractivity contribution in [3.63, 3.8) is 0 Å². The van der Waals surface area contributed by atoms with E-state index in [-0.39, 0.29) is 11.8 Å². The maximum atomic E-state index is 12.2. The Hall–Kier alpha value is -2.10. The van der Waals surface area contributed by atoms with E-state index in [1.807, 2.05) is 44.2 Å². The van der Waals surface area contributed by atoms with Gasteiger partial charge in [-0.2, -0.15) is 8.78 Å². The number of alkyl halides is 2. The third-order valence-corrected chi connectivity index (χ3v) is 3.10. The second-order valence-corrected chi connectivity index (χ2v) is 4.63. The Balaban J connectivity index is 2.12.